The van der Waals surface area contributed by atoms with Crippen LogP contribution in [0.4, 0.5) is 5.69 Å². The number of likely N-dealkylation sites (N-methyl/N-ethyl adjacent to an activating group) is 1. The molecule has 0 bridgehead atoms. The second-order valence-electron chi connectivity index (χ2n) is 5.54. The van der Waals surface area contributed by atoms with Crippen LogP contribution in [0.3, 0.4) is 0 Å². The van der Waals surface area contributed by atoms with E-state index in [-0.39, 0.29) is 11.9 Å². The molecule has 0 aliphatic carbocycles. The van der Waals surface area contributed by atoms with Crippen molar-refractivity contribution in [2.75, 3.05) is 31.6 Å². The average molecular weight is 360 g/mol. The van der Waals surface area contributed by atoms with E-state index in [1.165, 1.54) is 0 Å². The van der Waals surface area contributed by atoms with E-state index in [4.69, 9.17) is 4.74 Å². The summed E-state index contributed by atoms with van der Waals surface area (Å²) in [7, 11) is 0. The monoisotopic (exact) mass is 360 g/mol. The molecule has 0 spiro atoms. The number of amides is 1. The van der Waals surface area contributed by atoms with Gasteiger partial charge in [0.25, 0.3) is 0 Å². The van der Waals surface area contributed by atoms with E-state index < -0.39 is 0 Å². The van der Waals surface area contributed by atoms with Gasteiger partial charge in [-0.2, -0.15) is 0 Å². The zero-order valence-electron chi connectivity index (χ0n) is 14.7. The summed E-state index contributed by atoms with van der Waals surface area (Å²) in [6.07, 6.45) is 0.354. The van der Waals surface area contributed by atoms with Gasteiger partial charge < -0.3 is 15.0 Å². The lowest BCUT2D eigenvalue weighted by Crippen LogP contribution is -2.27. The van der Waals surface area contributed by atoms with Crippen molar-refractivity contribution in [1.82, 2.24) is 4.90 Å². The maximum Gasteiger partial charge on any atom is 0.338 e. The maximum atomic E-state index is 12.0. The largest absolute Gasteiger partial charge is 0.461 e. The van der Waals surface area contributed by atoms with E-state index in [0.29, 0.717) is 24.3 Å². The Morgan fingerprint density at radius 1 is 1.12 bits per heavy atom. The highest BCUT2D eigenvalue weighted by Crippen LogP contribution is 2.13. The minimum absolute atomic E-state index is 0.0722. The number of hydrogen-bond donors (Lipinski definition) is 1. The topological polar surface area (TPSA) is 58.6 Å². The van der Waals surface area contributed by atoms with Crippen molar-refractivity contribution in [3.05, 3.63) is 52.2 Å². The van der Waals surface area contributed by atoms with E-state index in [1.807, 2.05) is 17.5 Å². The van der Waals surface area contributed by atoms with Gasteiger partial charge >= 0.3 is 5.97 Å². The third-order valence-electron chi connectivity index (χ3n) is 3.85. The lowest BCUT2D eigenvalue weighted by atomic mass is 10.2. The van der Waals surface area contributed by atoms with E-state index in [1.54, 1.807) is 35.6 Å². The molecule has 134 valence electrons. The fourth-order valence-electron chi connectivity index (χ4n) is 2.36. The zero-order chi connectivity index (χ0) is 18.1. The Hall–Kier alpha value is -2.18. The van der Waals surface area contributed by atoms with Crippen molar-refractivity contribution in [1.29, 1.82) is 0 Å². The molecule has 1 aromatic carbocycles. The first-order valence-electron chi connectivity index (χ1n) is 8.44. The Kier molecular flexibility index (Phi) is 7.63. The summed E-state index contributed by atoms with van der Waals surface area (Å²) < 4.78 is 5.29. The molecule has 0 radical (unpaired) electrons. The molecule has 1 aromatic heterocycles. The van der Waals surface area contributed by atoms with Crippen LogP contribution in [-0.4, -0.2) is 43.0 Å². The summed E-state index contributed by atoms with van der Waals surface area (Å²) in [5, 5.41) is 4.78. The second kappa shape index (κ2) is 9.96. The molecule has 1 heterocycles. The first-order valence-corrected chi connectivity index (χ1v) is 9.32. The van der Waals surface area contributed by atoms with E-state index in [0.717, 1.165) is 24.5 Å². The average Bonchev–Trinajstić information content (AvgIpc) is 3.12. The standard InChI is InChI=1S/C19H24N2O3S/c1-3-21(4-2)11-12-24-19(23)15-7-9-16(10-8-15)20-18(22)14-17-6-5-13-25-17/h5-10,13H,3-4,11-12,14H2,1-2H3,(H,20,22). The van der Waals surface area contributed by atoms with Crippen molar-refractivity contribution >= 4 is 28.9 Å². The smallest absolute Gasteiger partial charge is 0.338 e. The number of thiophene rings is 1. The third kappa shape index (κ3) is 6.32. The van der Waals surface area contributed by atoms with Gasteiger partial charge in [0.1, 0.15) is 6.61 Å². The van der Waals surface area contributed by atoms with Crippen molar-refractivity contribution in [2.45, 2.75) is 20.3 Å². The summed E-state index contributed by atoms with van der Waals surface area (Å²) in [6, 6.07) is 10.6. The van der Waals surface area contributed by atoms with Gasteiger partial charge in [-0.05, 0) is 48.8 Å². The minimum atomic E-state index is -0.344. The van der Waals surface area contributed by atoms with E-state index >= 15 is 0 Å². The molecule has 5 nitrogen and oxygen atoms in total. The first kappa shape index (κ1) is 19.1. The number of nitrogens with one attached hydrogen (secondary N) is 1. The molecular formula is C19H24N2O3S. The molecule has 0 aliphatic heterocycles. The van der Waals surface area contributed by atoms with Crippen molar-refractivity contribution in [3.8, 4) is 0 Å². The Balaban J connectivity index is 1.80. The lowest BCUT2D eigenvalue weighted by Gasteiger charge is -2.17. The Labute approximate surface area is 152 Å². The molecule has 0 atom stereocenters. The van der Waals surface area contributed by atoms with E-state index in [9.17, 15) is 9.59 Å². The highest BCUT2D eigenvalue weighted by molar-refractivity contribution is 7.10. The Morgan fingerprint density at radius 3 is 2.44 bits per heavy atom. The Morgan fingerprint density at radius 2 is 1.84 bits per heavy atom. The number of carbonyl (C=O) groups is 2. The molecule has 6 heteroatoms. The normalized spacial score (nSPS) is 10.7. The molecule has 1 N–H and O–H groups in total. The number of benzene rings is 1. The fourth-order valence-corrected chi connectivity index (χ4v) is 3.06. The van der Waals surface area contributed by atoms with Crippen LogP contribution >= 0.6 is 11.3 Å². The van der Waals surface area contributed by atoms with Gasteiger partial charge in [0, 0.05) is 17.1 Å². The number of esters is 1. The molecule has 2 rings (SSSR count). The summed E-state index contributed by atoms with van der Waals surface area (Å²) in [5.74, 6) is -0.416. The predicted octanol–water partition coefficient (Wildman–Crippen LogP) is 3.43. The van der Waals surface area contributed by atoms with Crippen LogP contribution in [0.1, 0.15) is 29.1 Å². The van der Waals surface area contributed by atoms with Gasteiger partial charge in [-0.3, -0.25) is 4.79 Å². The van der Waals surface area contributed by atoms with Crippen molar-refractivity contribution < 1.29 is 14.3 Å². The second-order valence-corrected chi connectivity index (χ2v) is 6.58. The summed E-state index contributed by atoms with van der Waals surface area (Å²) in [6.45, 7) is 7.14. The SMILES string of the molecule is CCN(CC)CCOC(=O)c1ccc(NC(=O)Cc2cccs2)cc1. The number of rotatable bonds is 9. The van der Waals surface area contributed by atoms with Crippen LogP contribution < -0.4 is 5.32 Å². The first-order chi connectivity index (χ1) is 12.1. The highest BCUT2D eigenvalue weighted by Gasteiger charge is 2.09. The number of nitrogens with zero attached hydrogens (tertiary/aromatic N) is 1. The Bertz CT molecular complexity index is 664. The van der Waals surface area contributed by atoms with Gasteiger partial charge in [-0.1, -0.05) is 19.9 Å². The van der Waals surface area contributed by atoms with Gasteiger partial charge in [0.15, 0.2) is 0 Å². The summed E-state index contributed by atoms with van der Waals surface area (Å²) in [4.78, 5) is 27.2. The predicted molar refractivity (Wildman–Crippen MR) is 101 cm³/mol. The summed E-state index contributed by atoms with van der Waals surface area (Å²) >= 11 is 1.56. The molecular weight excluding hydrogens is 336 g/mol. The number of anilines is 1. The molecule has 0 saturated carbocycles. The highest BCUT2D eigenvalue weighted by atomic mass is 32.1. The number of carbonyl (C=O) groups excluding carboxylic acids is 2. The lowest BCUT2D eigenvalue weighted by molar-refractivity contribution is -0.115. The van der Waals surface area contributed by atoms with Crippen LogP contribution in [-0.2, 0) is 16.0 Å². The molecule has 0 fully saturated rings. The molecule has 0 saturated heterocycles. The molecule has 2 aromatic rings. The minimum Gasteiger partial charge on any atom is -0.461 e. The molecule has 25 heavy (non-hydrogen) atoms. The van der Waals surface area contributed by atoms with Crippen molar-refractivity contribution in [2.24, 2.45) is 0 Å². The van der Waals surface area contributed by atoms with Gasteiger partial charge in [0.2, 0.25) is 5.91 Å². The maximum absolute atomic E-state index is 12.0. The van der Waals surface area contributed by atoms with Crippen LogP contribution in [0.25, 0.3) is 0 Å². The van der Waals surface area contributed by atoms with Gasteiger partial charge in [-0.15, -0.1) is 11.3 Å². The molecule has 0 aliphatic rings. The van der Waals surface area contributed by atoms with E-state index in [2.05, 4.69) is 24.1 Å². The quantitative estimate of drug-likeness (QED) is 0.696. The van der Waals surface area contributed by atoms with Crippen LogP contribution in [0.2, 0.25) is 0 Å². The van der Waals surface area contributed by atoms with Crippen molar-refractivity contribution in [3.63, 3.8) is 0 Å². The number of ether oxygens (including phenoxy) is 1. The van der Waals surface area contributed by atoms with Crippen LogP contribution in [0.15, 0.2) is 41.8 Å². The molecule has 0 unspecified atom stereocenters. The number of hydrogen-bond acceptors (Lipinski definition) is 5. The summed E-state index contributed by atoms with van der Waals surface area (Å²) in [5.41, 5.74) is 1.15. The van der Waals surface area contributed by atoms with Gasteiger partial charge in [0.05, 0.1) is 12.0 Å². The molecule has 1 amide bonds. The van der Waals surface area contributed by atoms with Crippen LogP contribution in [0, 0.1) is 0 Å². The fraction of sp³-hybridized carbons (Fsp3) is 0.368. The van der Waals surface area contributed by atoms with Crippen LogP contribution in [0.5, 0.6) is 0 Å². The van der Waals surface area contributed by atoms with Gasteiger partial charge in [-0.25, -0.2) is 4.79 Å². The third-order valence-corrected chi connectivity index (χ3v) is 4.73. The zero-order valence-corrected chi connectivity index (χ0v) is 15.5.